The number of carbonyl (C=O) groups excluding carboxylic acids is 1. The van der Waals surface area contributed by atoms with Crippen molar-refractivity contribution < 1.29 is 9.53 Å². The van der Waals surface area contributed by atoms with E-state index in [-0.39, 0.29) is 5.91 Å². The molecule has 0 heterocycles. The first-order valence-corrected chi connectivity index (χ1v) is 5.20. The van der Waals surface area contributed by atoms with Gasteiger partial charge in [-0.1, -0.05) is 18.7 Å². The SMILES string of the molecule is C=CC(=O)N(C)CCOc1cccc(C)c1. The van der Waals surface area contributed by atoms with Gasteiger partial charge in [-0.15, -0.1) is 0 Å². The van der Waals surface area contributed by atoms with Crippen LogP contribution in [0.5, 0.6) is 5.75 Å². The Morgan fingerprint density at radius 2 is 2.31 bits per heavy atom. The summed E-state index contributed by atoms with van der Waals surface area (Å²) in [5, 5.41) is 0. The summed E-state index contributed by atoms with van der Waals surface area (Å²) in [6.45, 7) is 6.48. The number of ether oxygens (including phenoxy) is 1. The van der Waals surface area contributed by atoms with Gasteiger partial charge in [0.25, 0.3) is 0 Å². The Morgan fingerprint density at radius 3 is 2.94 bits per heavy atom. The van der Waals surface area contributed by atoms with E-state index in [0.29, 0.717) is 13.2 Å². The van der Waals surface area contributed by atoms with E-state index in [1.54, 1.807) is 11.9 Å². The number of hydrogen-bond donors (Lipinski definition) is 0. The minimum Gasteiger partial charge on any atom is -0.492 e. The third kappa shape index (κ3) is 3.77. The maximum Gasteiger partial charge on any atom is 0.245 e. The van der Waals surface area contributed by atoms with Crippen LogP contribution in [0.15, 0.2) is 36.9 Å². The van der Waals surface area contributed by atoms with Gasteiger partial charge in [-0.05, 0) is 30.7 Å². The molecule has 86 valence electrons. The Kier molecular flexibility index (Phi) is 4.58. The molecule has 0 aliphatic carbocycles. The van der Waals surface area contributed by atoms with Crippen molar-refractivity contribution >= 4 is 5.91 Å². The predicted octanol–water partition coefficient (Wildman–Crippen LogP) is 2.02. The second-order valence-electron chi connectivity index (χ2n) is 3.63. The molecule has 0 aromatic heterocycles. The normalized spacial score (nSPS) is 9.62. The second kappa shape index (κ2) is 5.95. The molecule has 1 aromatic carbocycles. The van der Waals surface area contributed by atoms with E-state index in [2.05, 4.69) is 6.58 Å². The fraction of sp³-hybridized carbons (Fsp3) is 0.308. The van der Waals surface area contributed by atoms with Crippen LogP contribution in [0.4, 0.5) is 0 Å². The molecule has 0 saturated carbocycles. The minimum atomic E-state index is -0.0900. The van der Waals surface area contributed by atoms with Crippen molar-refractivity contribution in [2.75, 3.05) is 20.2 Å². The van der Waals surface area contributed by atoms with Crippen molar-refractivity contribution in [2.24, 2.45) is 0 Å². The molecule has 1 aromatic rings. The van der Waals surface area contributed by atoms with Crippen LogP contribution >= 0.6 is 0 Å². The highest BCUT2D eigenvalue weighted by atomic mass is 16.5. The molecule has 3 heteroatoms. The molecule has 16 heavy (non-hydrogen) atoms. The summed E-state index contributed by atoms with van der Waals surface area (Å²) in [6, 6.07) is 7.83. The number of likely N-dealkylation sites (N-methyl/N-ethyl adjacent to an activating group) is 1. The largest absolute Gasteiger partial charge is 0.492 e. The Morgan fingerprint density at radius 1 is 1.56 bits per heavy atom. The van der Waals surface area contributed by atoms with Crippen LogP contribution in [0.2, 0.25) is 0 Å². The fourth-order valence-electron chi connectivity index (χ4n) is 1.27. The molecule has 0 aliphatic heterocycles. The van der Waals surface area contributed by atoms with Crippen LogP contribution in [0.3, 0.4) is 0 Å². The van der Waals surface area contributed by atoms with E-state index in [1.165, 1.54) is 6.08 Å². The van der Waals surface area contributed by atoms with Gasteiger partial charge in [-0.3, -0.25) is 4.79 Å². The van der Waals surface area contributed by atoms with Gasteiger partial charge < -0.3 is 9.64 Å². The Hall–Kier alpha value is -1.77. The molecule has 0 saturated heterocycles. The lowest BCUT2D eigenvalue weighted by Crippen LogP contribution is -2.29. The van der Waals surface area contributed by atoms with Gasteiger partial charge >= 0.3 is 0 Å². The average Bonchev–Trinajstić information content (AvgIpc) is 2.28. The maximum atomic E-state index is 11.2. The topological polar surface area (TPSA) is 29.5 Å². The van der Waals surface area contributed by atoms with E-state index >= 15 is 0 Å². The number of benzene rings is 1. The quantitative estimate of drug-likeness (QED) is 0.709. The van der Waals surface area contributed by atoms with E-state index in [1.807, 2.05) is 31.2 Å². The zero-order valence-electron chi connectivity index (χ0n) is 9.77. The Labute approximate surface area is 96.3 Å². The third-order valence-corrected chi connectivity index (χ3v) is 2.24. The van der Waals surface area contributed by atoms with Gasteiger partial charge in [0, 0.05) is 7.05 Å². The summed E-state index contributed by atoms with van der Waals surface area (Å²) in [6.07, 6.45) is 1.30. The number of hydrogen-bond acceptors (Lipinski definition) is 2. The molecule has 0 fully saturated rings. The van der Waals surface area contributed by atoms with Gasteiger partial charge in [-0.25, -0.2) is 0 Å². The average molecular weight is 219 g/mol. The van der Waals surface area contributed by atoms with Crippen molar-refractivity contribution in [2.45, 2.75) is 6.92 Å². The summed E-state index contributed by atoms with van der Waals surface area (Å²) in [5.41, 5.74) is 1.16. The lowest BCUT2D eigenvalue weighted by molar-refractivity contribution is -0.125. The standard InChI is InChI=1S/C13H17NO2/c1-4-13(15)14(3)8-9-16-12-7-5-6-11(2)10-12/h4-7,10H,1,8-9H2,2-3H3. The highest BCUT2D eigenvalue weighted by molar-refractivity contribution is 5.86. The molecule has 0 bridgehead atoms. The third-order valence-electron chi connectivity index (χ3n) is 2.24. The summed E-state index contributed by atoms with van der Waals surface area (Å²) >= 11 is 0. The van der Waals surface area contributed by atoms with Crippen LogP contribution in [-0.2, 0) is 4.79 Å². The Balaban J connectivity index is 2.36. The van der Waals surface area contributed by atoms with Crippen molar-refractivity contribution in [3.8, 4) is 5.75 Å². The van der Waals surface area contributed by atoms with Gasteiger partial charge in [0.15, 0.2) is 0 Å². The Bertz CT molecular complexity index is 374. The number of carbonyl (C=O) groups is 1. The van der Waals surface area contributed by atoms with Crippen LogP contribution in [0.25, 0.3) is 0 Å². The number of nitrogens with zero attached hydrogens (tertiary/aromatic N) is 1. The summed E-state index contributed by atoms with van der Waals surface area (Å²) in [5.74, 6) is 0.743. The molecule has 1 rings (SSSR count). The smallest absolute Gasteiger partial charge is 0.245 e. The summed E-state index contributed by atoms with van der Waals surface area (Å²) in [7, 11) is 1.73. The molecule has 0 radical (unpaired) electrons. The van der Waals surface area contributed by atoms with Crippen LogP contribution in [-0.4, -0.2) is 31.0 Å². The molecule has 0 unspecified atom stereocenters. The molecule has 1 amide bonds. The first-order valence-electron chi connectivity index (χ1n) is 5.20. The lowest BCUT2D eigenvalue weighted by Gasteiger charge is -2.15. The highest BCUT2D eigenvalue weighted by Crippen LogP contribution is 2.11. The fourth-order valence-corrected chi connectivity index (χ4v) is 1.27. The molecular formula is C13H17NO2. The van der Waals surface area contributed by atoms with Gasteiger partial charge in [0.1, 0.15) is 12.4 Å². The monoisotopic (exact) mass is 219 g/mol. The van der Waals surface area contributed by atoms with Crippen molar-refractivity contribution in [1.29, 1.82) is 0 Å². The van der Waals surface area contributed by atoms with Crippen molar-refractivity contribution in [3.05, 3.63) is 42.5 Å². The van der Waals surface area contributed by atoms with Gasteiger partial charge in [0.2, 0.25) is 5.91 Å². The maximum absolute atomic E-state index is 11.2. The predicted molar refractivity (Wildman–Crippen MR) is 64.5 cm³/mol. The van der Waals surface area contributed by atoms with Gasteiger partial charge in [-0.2, -0.15) is 0 Å². The van der Waals surface area contributed by atoms with Crippen LogP contribution in [0.1, 0.15) is 5.56 Å². The van der Waals surface area contributed by atoms with Crippen molar-refractivity contribution in [1.82, 2.24) is 4.90 Å². The van der Waals surface area contributed by atoms with E-state index < -0.39 is 0 Å². The van der Waals surface area contributed by atoms with E-state index in [4.69, 9.17) is 4.74 Å². The molecule has 3 nitrogen and oxygen atoms in total. The zero-order chi connectivity index (χ0) is 12.0. The minimum absolute atomic E-state index is 0.0900. The second-order valence-corrected chi connectivity index (χ2v) is 3.63. The van der Waals surface area contributed by atoms with Gasteiger partial charge in [0.05, 0.1) is 6.54 Å². The molecular weight excluding hydrogens is 202 g/mol. The number of rotatable bonds is 5. The summed E-state index contributed by atoms with van der Waals surface area (Å²) in [4.78, 5) is 12.7. The zero-order valence-corrected chi connectivity index (χ0v) is 9.77. The molecule has 0 aliphatic rings. The van der Waals surface area contributed by atoms with E-state index in [9.17, 15) is 4.79 Å². The first kappa shape index (κ1) is 12.3. The molecule has 0 atom stereocenters. The van der Waals surface area contributed by atoms with Crippen LogP contribution in [0, 0.1) is 6.92 Å². The number of amides is 1. The highest BCUT2D eigenvalue weighted by Gasteiger charge is 2.03. The summed E-state index contributed by atoms with van der Waals surface area (Å²) < 4.78 is 5.52. The first-order chi connectivity index (χ1) is 7.63. The lowest BCUT2D eigenvalue weighted by atomic mass is 10.2. The van der Waals surface area contributed by atoms with Crippen LogP contribution < -0.4 is 4.74 Å². The number of aryl methyl sites for hydroxylation is 1. The van der Waals surface area contributed by atoms with Crippen molar-refractivity contribution in [3.63, 3.8) is 0 Å². The molecule has 0 N–H and O–H groups in total. The molecule has 0 spiro atoms. The van der Waals surface area contributed by atoms with E-state index in [0.717, 1.165) is 11.3 Å².